The predicted molar refractivity (Wildman–Crippen MR) is 34.0 cm³/mol. The highest BCUT2D eigenvalue weighted by atomic mass is 28.3. The zero-order chi connectivity index (χ0) is 5.54. The summed E-state index contributed by atoms with van der Waals surface area (Å²) in [6, 6.07) is 0. The Bertz CT molecular complexity index is 35.7. The predicted octanol–water partition coefficient (Wildman–Crippen LogP) is 0.283. The van der Waals surface area contributed by atoms with Crippen molar-refractivity contribution >= 4 is 10.0 Å². The summed E-state index contributed by atoms with van der Waals surface area (Å²) < 4.78 is 9.98. The Morgan fingerprint density at radius 3 is 2.00 bits per heavy atom. The van der Waals surface area contributed by atoms with Crippen LogP contribution in [0.25, 0.3) is 0 Å². The van der Waals surface area contributed by atoms with E-state index in [0.717, 1.165) is 13.2 Å². The molecule has 0 unspecified atom stereocenters. The van der Waals surface area contributed by atoms with Crippen molar-refractivity contribution in [3.05, 3.63) is 0 Å². The molecule has 0 spiro atoms. The molecule has 0 saturated carbocycles. The van der Waals surface area contributed by atoms with E-state index in [-0.39, 0.29) is 2.85 Å². The molecule has 7 heavy (non-hydrogen) atoms. The molecule has 44 valence electrons. The molecule has 0 saturated heterocycles. The van der Waals surface area contributed by atoms with Crippen LogP contribution in [0, 0.1) is 0 Å². The first kappa shape index (κ1) is 7.14. The Kier molecular flexibility index (Phi) is 6.26. The normalized spacial score (nSPS) is 9.43. The van der Waals surface area contributed by atoms with Crippen LogP contribution in [0.4, 0.5) is 0 Å². The van der Waals surface area contributed by atoms with Gasteiger partial charge in [-0.25, -0.2) is 0 Å². The van der Waals surface area contributed by atoms with E-state index in [1.807, 2.05) is 13.8 Å². The second-order valence-corrected chi connectivity index (χ2v) is 2.16. The minimum absolute atomic E-state index is 0. The van der Waals surface area contributed by atoms with E-state index in [1.165, 1.54) is 0 Å². The fraction of sp³-hybridized carbons (Fsp3) is 1.00. The fourth-order valence-electron chi connectivity index (χ4n) is 0.226. The van der Waals surface area contributed by atoms with Crippen molar-refractivity contribution in [3.63, 3.8) is 0 Å². The highest BCUT2D eigenvalue weighted by Crippen LogP contribution is 1.70. The molecule has 0 heterocycles. The van der Waals surface area contributed by atoms with E-state index in [9.17, 15) is 0 Å². The average molecular weight is 122 g/mol. The molecule has 0 N–H and O–H groups in total. The summed E-state index contributed by atoms with van der Waals surface area (Å²) in [6.07, 6.45) is 0. The number of rotatable bonds is 4. The van der Waals surface area contributed by atoms with Gasteiger partial charge in [-0.15, -0.1) is 0 Å². The van der Waals surface area contributed by atoms with Gasteiger partial charge in [0, 0.05) is 13.2 Å². The van der Waals surface area contributed by atoms with Crippen LogP contribution in [0.2, 0.25) is 0 Å². The lowest BCUT2D eigenvalue weighted by Gasteiger charge is -1.96. The molecular formula is C4H14O2Si+2. The van der Waals surface area contributed by atoms with Crippen LogP contribution in [-0.2, 0) is 8.85 Å². The standard InChI is InChI=1S/C4H12O2Si/c1-3-5-7-6-4-2/h3-4,7H2,1-2H3/p+2. The summed E-state index contributed by atoms with van der Waals surface area (Å²) >= 11 is 0. The minimum atomic E-state index is -0.589. The highest BCUT2D eigenvalue weighted by molar-refractivity contribution is 6.17. The number of hydrogen-bond acceptors (Lipinski definition) is 2. The summed E-state index contributed by atoms with van der Waals surface area (Å²) in [5.74, 6) is 0. The van der Waals surface area contributed by atoms with Gasteiger partial charge in [0.1, 0.15) is 0 Å². The topological polar surface area (TPSA) is 18.5 Å². The van der Waals surface area contributed by atoms with Crippen molar-refractivity contribution in [3.8, 4) is 0 Å². The first-order chi connectivity index (χ1) is 3.41. The third-order valence-corrected chi connectivity index (χ3v) is 1.72. The lowest BCUT2D eigenvalue weighted by molar-refractivity contribution is 0.240. The second kappa shape index (κ2) is 6.14. The SMILES string of the molecule is CCO[SiH2]OCC.[H+].[H+]. The third-order valence-electron chi connectivity index (χ3n) is 0.575. The van der Waals surface area contributed by atoms with Gasteiger partial charge < -0.3 is 8.85 Å². The van der Waals surface area contributed by atoms with Crippen LogP contribution in [0.15, 0.2) is 0 Å². The van der Waals surface area contributed by atoms with Crippen molar-refractivity contribution in [2.45, 2.75) is 13.8 Å². The molecule has 0 aliphatic heterocycles. The summed E-state index contributed by atoms with van der Waals surface area (Å²) in [7, 11) is -0.589. The second-order valence-electron chi connectivity index (χ2n) is 1.10. The first-order valence-electron chi connectivity index (χ1n) is 2.57. The van der Waals surface area contributed by atoms with Crippen molar-refractivity contribution in [2.24, 2.45) is 0 Å². The molecule has 0 fully saturated rings. The number of hydrogen-bond donors (Lipinski definition) is 0. The molecule has 3 heteroatoms. The minimum Gasteiger partial charge on any atom is -0.399 e. The Morgan fingerprint density at radius 2 is 1.71 bits per heavy atom. The maximum Gasteiger partial charge on any atom is 1.00 e. The van der Waals surface area contributed by atoms with E-state index >= 15 is 0 Å². The Hall–Kier alpha value is 0.137. The molecule has 0 aromatic heterocycles. The summed E-state index contributed by atoms with van der Waals surface area (Å²) in [5.41, 5.74) is 0. The molecule has 2 nitrogen and oxygen atoms in total. The van der Waals surface area contributed by atoms with Gasteiger partial charge >= 0.3 is 12.9 Å². The van der Waals surface area contributed by atoms with Crippen molar-refractivity contribution < 1.29 is 11.7 Å². The zero-order valence-electron chi connectivity index (χ0n) is 6.94. The van der Waals surface area contributed by atoms with Crippen molar-refractivity contribution in [1.82, 2.24) is 0 Å². The van der Waals surface area contributed by atoms with Crippen LogP contribution in [0.5, 0.6) is 0 Å². The monoisotopic (exact) mass is 122 g/mol. The highest BCUT2D eigenvalue weighted by Gasteiger charge is 1.79. The van der Waals surface area contributed by atoms with Gasteiger partial charge in [0.15, 0.2) is 0 Å². The molecule has 0 aliphatic rings. The molecular weight excluding hydrogens is 108 g/mol. The molecule has 0 amide bonds. The van der Waals surface area contributed by atoms with Gasteiger partial charge in [-0.3, -0.25) is 0 Å². The maximum atomic E-state index is 4.99. The van der Waals surface area contributed by atoms with E-state index in [4.69, 9.17) is 8.85 Å². The Labute approximate surface area is 49.9 Å². The largest absolute Gasteiger partial charge is 1.00 e. The van der Waals surface area contributed by atoms with E-state index in [1.54, 1.807) is 0 Å². The van der Waals surface area contributed by atoms with Crippen LogP contribution >= 0.6 is 0 Å². The van der Waals surface area contributed by atoms with Gasteiger partial charge in [0.2, 0.25) is 0 Å². The van der Waals surface area contributed by atoms with Gasteiger partial charge in [0.05, 0.1) is 0 Å². The fourth-order valence-corrected chi connectivity index (χ4v) is 0.677. The Morgan fingerprint density at radius 1 is 1.29 bits per heavy atom. The summed E-state index contributed by atoms with van der Waals surface area (Å²) in [4.78, 5) is 0. The lowest BCUT2D eigenvalue weighted by Crippen LogP contribution is -2.02. The molecule has 0 aliphatic carbocycles. The molecule has 0 atom stereocenters. The van der Waals surface area contributed by atoms with E-state index in [0.29, 0.717) is 0 Å². The van der Waals surface area contributed by atoms with E-state index < -0.39 is 10.0 Å². The van der Waals surface area contributed by atoms with Crippen LogP contribution in [-0.4, -0.2) is 23.2 Å². The summed E-state index contributed by atoms with van der Waals surface area (Å²) in [5, 5.41) is 0. The van der Waals surface area contributed by atoms with Gasteiger partial charge in [-0.1, -0.05) is 0 Å². The first-order valence-corrected chi connectivity index (χ1v) is 3.72. The van der Waals surface area contributed by atoms with Crippen LogP contribution in [0.1, 0.15) is 16.7 Å². The van der Waals surface area contributed by atoms with Crippen molar-refractivity contribution in [1.29, 1.82) is 0 Å². The maximum absolute atomic E-state index is 4.99. The Balaban J connectivity index is -0.000000180. The molecule has 0 aromatic carbocycles. The van der Waals surface area contributed by atoms with Crippen molar-refractivity contribution in [2.75, 3.05) is 13.2 Å². The zero-order valence-corrected chi connectivity index (χ0v) is 6.35. The molecule has 0 aromatic rings. The molecule has 0 bridgehead atoms. The quantitative estimate of drug-likeness (QED) is 0.394. The summed E-state index contributed by atoms with van der Waals surface area (Å²) in [6.45, 7) is 5.55. The van der Waals surface area contributed by atoms with Gasteiger partial charge in [-0.05, 0) is 13.8 Å². The van der Waals surface area contributed by atoms with Gasteiger partial charge in [-0.2, -0.15) is 0 Å². The molecule has 0 radical (unpaired) electrons. The van der Waals surface area contributed by atoms with Crippen LogP contribution < -0.4 is 0 Å². The van der Waals surface area contributed by atoms with Crippen LogP contribution in [0.3, 0.4) is 0 Å². The average Bonchev–Trinajstić information content (AvgIpc) is 1.69. The lowest BCUT2D eigenvalue weighted by atomic mass is 10.9. The van der Waals surface area contributed by atoms with E-state index in [2.05, 4.69) is 0 Å². The van der Waals surface area contributed by atoms with Gasteiger partial charge in [0.25, 0.3) is 0 Å². The smallest absolute Gasteiger partial charge is 0.399 e. The molecule has 0 rings (SSSR count). The third kappa shape index (κ3) is 6.14.